The lowest BCUT2D eigenvalue weighted by Crippen LogP contribution is -2.23. The third kappa shape index (κ3) is 5.13. The van der Waals surface area contributed by atoms with Gasteiger partial charge in [-0.05, 0) is 61.9 Å². The van der Waals surface area contributed by atoms with E-state index in [1.165, 1.54) is 35.6 Å². The van der Waals surface area contributed by atoms with Crippen LogP contribution in [0.4, 0.5) is 10.1 Å². The van der Waals surface area contributed by atoms with Crippen LogP contribution in [-0.4, -0.2) is 23.7 Å². The van der Waals surface area contributed by atoms with Gasteiger partial charge < -0.3 is 5.32 Å². The first-order chi connectivity index (χ1) is 15.8. The van der Waals surface area contributed by atoms with E-state index in [0.717, 1.165) is 33.2 Å². The predicted octanol–water partition coefficient (Wildman–Crippen LogP) is 4.73. The van der Waals surface area contributed by atoms with Gasteiger partial charge >= 0.3 is 0 Å². The number of halogens is 1. The maximum absolute atomic E-state index is 13.2. The Labute approximate surface area is 195 Å². The summed E-state index contributed by atoms with van der Waals surface area (Å²) in [6, 6.07) is 12.2. The van der Waals surface area contributed by atoms with E-state index in [2.05, 4.69) is 15.0 Å². The van der Waals surface area contributed by atoms with Gasteiger partial charge in [0.1, 0.15) is 5.82 Å². The van der Waals surface area contributed by atoms with Crippen molar-refractivity contribution >= 4 is 37.9 Å². The molecule has 0 aliphatic heterocycles. The highest BCUT2D eigenvalue weighted by Gasteiger charge is 2.18. The topological polar surface area (TPSA) is 92.6 Å². The van der Waals surface area contributed by atoms with Crippen LogP contribution in [-0.2, 0) is 21.4 Å². The van der Waals surface area contributed by atoms with Crippen molar-refractivity contribution in [3.05, 3.63) is 71.1 Å². The number of aryl methyl sites for hydroxylation is 1. The predicted molar refractivity (Wildman–Crippen MR) is 127 cm³/mol. The van der Waals surface area contributed by atoms with E-state index in [1.54, 1.807) is 24.3 Å². The van der Waals surface area contributed by atoms with Gasteiger partial charge in [0, 0.05) is 41.0 Å². The molecule has 2 aromatic carbocycles. The van der Waals surface area contributed by atoms with Crippen molar-refractivity contribution in [2.75, 3.05) is 5.32 Å². The summed E-state index contributed by atoms with van der Waals surface area (Å²) in [5.74, 6) is -0.409. The molecule has 0 spiro atoms. The van der Waals surface area contributed by atoms with Crippen LogP contribution >= 0.6 is 11.3 Å². The molecule has 33 heavy (non-hydrogen) atoms. The molecule has 0 radical (unpaired) electrons. The molecule has 7 nitrogen and oxygen atoms in total. The smallest absolute Gasteiger partial charge is 0.240 e. The number of carbonyl (C=O) groups is 1. The second-order valence-electron chi connectivity index (χ2n) is 7.54. The quantitative estimate of drug-likeness (QED) is 0.377. The van der Waals surface area contributed by atoms with Crippen LogP contribution < -0.4 is 10.0 Å². The molecule has 0 unspecified atom stereocenters. The van der Waals surface area contributed by atoms with Crippen molar-refractivity contribution in [1.82, 2.24) is 14.1 Å². The Morgan fingerprint density at radius 1 is 1.12 bits per heavy atom. The van der Waals surface area contributed by atoms with E-state index in [4.69, 9.17) is 0 Å². The van der Waals surface area contributed by atoms with Crippen molar-refractivity contribution in [1.29, 1.82) is 0 Å². The lowest BCUT2D eigenvalue weighted by Gasteiger charge is -2.08. The number of nitrogens with one attached hydrogen (secondary N) is 2. The number of carbonyl (C=O) groups excluding carboxylic acids is 1. The van der Waals surface area contributed by atoms with Crippen LogP contribution in [0.2, 0.25) is 0 Å². The number of aromatic nitrogens is 2. The van der Waals surface area contributed by atoms with Crippen LogP contribution in [0.3, 0.4) is 0 Å². The average molecular weight is 487 g/mol. The zero-order valence-corrected chi connectivity index (χ0v) is 19.8. The number of anilines is 1. The van der Waals surface area contributed by atoms with E-state index in [1.807, 2.05) is 24.4 Å². The number of hydrogen-bond acceptors (Lipinski definition) is 5. The van der Waals surface area contributed by atoms with E-state index in [0.29, 0.717) is 12.1 Å². The number of imidazole rings is 1. The van der Waals surface area contributed by atoms with Gasteiger partial charge in [0.25, 0.3) is 0 Å². The first-order valence-electron chi connectivity index (χ1n) is 10.4. The van der Waals surface area contributed by atoms with Crippen molar-refractivity contribution < 1.29 is 17.6 Å². The molecule has 0 saturated carbocycles. The highest BCUT2D eigenvalue weighted by atomic mass is 32.2. The fraction of sp³-hybridized carbons (Fsp3) is 0.217. The van der Waals surface area contributed by atoms with Crippen LogP contribution in [0.15, 0.2) is 59.6 Å². The van der Waals surface area contributed by atoms with E-state index >= 15 is 0 Å². The molecule has 2 N–H and O–H groups in total. The molecule has 2 heterocycles. The molecule has 0 fully saturated rings. The van der Waals surface area contributed by atoms with Crippen LogP contribution in [0.1, 0.15) is 30.3 Å². The van der Waals surface area contributed by atoms with E-state index in [-0.39, 0.29) is 23.2 Å². The standard InChI is InChI=1S/C23H23FN4O3S2/c1-3-4-22(29)26-18-9-11-19(12-10-18)33(30,31)25-13-21-15(2)28-14-20(27-23(28)32-21)16-5-7-17(24)8-6-16/h5-12,14,25H,3-4,13H2,1-2H3,(H,26,29). The van der Waals surface area contributed by atoms with Crippen molar-refractivity contribution in [2.45, 2.75) is 38.1 Å². The first-order valence-corrected chi connectivity index (χ1v) is 12.7. The Kier molecular flexibility index (Phi) is 6.59. The van der Waals surface area contributed by atoms with Crippen molar-refractivity contribution in [2.24, 2.45) is 0 Å². The molecule has 4 aromatic rings. The fourth-order valence-corrected chi connectivity index (χ4v) is 5.46. The largest absolute Gasteiger partial charge is 0.326 e. The Morgan fingerprint density at radius 2 is 1.82 bits per heavy atom. The van der Waals surface area contributed by atoms with E-state index in [9.17, 15) is 17.6 Å². The highest BCUT2D eigenvalue weighted by Crippen LogP contribution is 2.27. The monoisotopic (exact) mass is 486 g/mol. The third-order valence-electron chi connectivity index (χ3n) is 5.14. The number of benzene rings is 2. The fourth-order valence-electron chi connectivity index (χ4n) is 3.33. The van der Waals surface area contributed by atoms with E-state index < -0.39 is 10.0 Å². The maximum atomic E-state index is 13.2. The van der Waals surface area contributed by atoms with Gasteiger partial charge in [-0.2, -0.15) is 0 Å². The minimum atomic E-state index is -3.73. The molecule has 0 bridgehead atoms. The Hall–Kier alpha value is -3.08. The minimum absolute atomic E-state index is 0.105. The summed E-state index contributed by atoms with van der Waals surface area (Å²) in [5.41, 5.74) is 2.97. The van der Waals surface area contributed by atoms with Gasteiger partial charge in [-0.15, -0.1) is 0 Å². The number of thiazole rings is 1. The van der Waals surface area contributed by atoms with Crippen molar-refractivity contribution in [3.63, 3.8) is 0 Å². The van der Waals surface area contributed by atoms with Gasteiger partial charge in [0.15, 0.2) is 4.96 Å². The van der Waals surface area contributed by atoms with Crippen molar-refractivity contribution in [3.8, 4) is 11.3 Å². The summed E-state index contributed by atoms with van der Waals surface area (Å²) in [5, 5.41) is 2.74. The van der Waals surface area contributed by atoms with Gasteiger partial charge in [-0.25, -0.2) is 22.5 Å². The molecule has 2 aromatic heterocycles. The van der Waals surface area contributed by atoms with Gasteiger partial charge in [-0.1, -0.05) is 18.3 Å². The lowest BCUT2D eigenvalue weighted by atomic mass is 10.2. The molecular weight excluding hydrogens is 463 g/mol. The van der Waals surface area contributed by atoms with Gasteiger partial charge in [-0.3, -0.25) is 9.20 Å². The molecule has 172 valence electrons. The Morgan fingerprint density at radius 3 is 2.45 bits per heavy atom. The molecular formula is C23H23FN4O3S2. The summed E-state index contributed by atoms with van der Waals surface area (Å²) in [7, 11) is -3.73. The zero-order valence-electron chi connectivity index (χ0n) is 18.1. The lowest BCUT2D eigenvalue weighted by molar-refractivity contribution is -0.116. The first kappa shape index (κ1) is 23.1. The van der Waals surface area contributed by atoms with Crippen LogP contribution in [0.25, 0.3) is 16.2 Å². The molecule has 0 aliphatic carbocycles. The molecule has 10 heteroatoms. The van der Waals surface area contributed by atoms with Gasteiger partial charge in [0.05, 0.1) is 10.6 Å². The molecule has 4 rings (SSSR count). The zero-order chi connectivity index (χ0) is 23.6. The molecule has 0 atom stereocenters. The number of fused-ring (bicyclic) bond motifs is 1. The normalized spacial score (nSPS) is 11.7. The molecule has 1 amide bonds. The third-order valence-corrected chi connectivity index (χ3v) is 7.71. The van der Waals surface area contributed by atoms with Gasteiger partial charge in [0.2, 0.25) is 15.9 Å². The number of hydrogen-bond donors (Lipinski definition) is 2. The summed E-state index contributed by atoms with van der Waals surface area (Å²) < 4.78 is 43.2. The molecule has 0 saturated heterocycles. The minimum Gasteiger partial charge on any atom is -0.326 e. The number of sulfonamides is 1. The molecule has 0 aliphatic rings. The summed E-state index contributed by atoms with van der Waals surface area (Å²) >= 11 is 1.40. The highest BCUT2D eigenvalue weighted by molar-refractivity contribution is 7.89. The average Bonchev–Trinajstić information content (AvgIpc) is 3.33. The number of amides is 1. The Balaban J connectivity index is 1.46. The number of rotatable bonds is 8. The summed E-state index contributed by atoms with van der Waals surface area (Å²) in [4.78, 5) is 18.0. The second-order valence-corrected chi connectivity index (χ2v) is 10.4. The summed E-state index contributed by atoms with van der Waals surface area (Å²) in [6.07, 6.45) is 3.01. The second kappa shape index (κ2) is 9.42. The summed E-state index contributed by atoms with van der Waals surface area (Å²) in [6.45, 7) is 3.94. The number of nitrogens with zero attached hydrogens (tertiary/aromatic N) is 2. The van der Waals surface area contributed by atoms with Crippen LogP contribution in [0, 0.1) is 12.7 Å². The Bertz CT molecular complexity index is 1390. The SMILES string of the molecule is CCCC(=O)Nc1ccc(S(=O)(=O)NCc2sc3nc(-c4ccc(F)cc4)cn3c2C)cc1. The maximum Gasteiger partial charge on any atom is 0.240 e. The van der Waals surface area contributed by atoms with Crippen LogP contribution in [0.5, 0.6) is 0 Å².